The zero-order valence-corrected chi connectivity index (χ0v) is 15.7. The average molecular weight is 384 g/mol. The maximum absolute atomic E-state index is 12.3. The van der Waals surface area contributed by atoms with Gasteiger partial charge in [0.15, 0.2) is 0 Å². The number of hydrogen-bond donors (Lipinski definition) is 0. The van der Waals surface area contributed by atoms with Crippen LogP contribution in [0.2, 0.25) is 0 Å². The molecule has 1 aromatic carbocycles. The molecule has 1 aliphatic heterocycles. The number of carbonyl (C=O) groups excluding carboxylic acids is 2. The van der Waals surface area contributed by atoms with Crippen LogP contribution in [0.4, 0.5) is 0 Å². The third kappa shape index (κ3) is 4.69. The fraction of sp³-hybridized carbons (Fsp3) is 0.158. The van der Waals surface area contributed by atoms with Crippen molar-refractivity contribution in [3.05, 3.63) is 58.5 Å². The van der Waals surface area contributed by atoms with Crippen molar-refractivity contribution in [3.8, 4) is 6.07 Å². The molecule has 1 heterocycles. The molecule has 5 nitrogen and oxygen atoms in total. The number of rotatable bonds is 6. The molecule has 1 amide bonds. The molecule has 0 N–H and O–H groups in total. The molecule has 0 aromatic heterocycles. The molecule has 1 fully saturated rings. The summed E-state index contributed by atoms with van der Waals surface area (Å²) in [5.74, 6) is -0.789. The monoisotopic (exact) mass is 384 g/mol. The number of nitrogens with zero attached hydrogens (tertiary/aromatic N) is 2. The van der Waals surface area contributed by atoms with Gasteiger partial charge in [-0.1, -0.05) is 54.3 Å². The minimum atomic E-state index is -0.648. The van der Waals surface area contributed by atoms with Gasteiger partial charge < -0.3 is 4.74 Å². The second-order valence-corrected chi connectivity index (χ2v) is 6.81. The van der Waals surface area contributed by atoms with E-state index in [2.05, 4.69) is 6.58 Å². The molecule has 0 radical (unpaired) electrons. The second-order valence-electron chi connectivity index (χ2n) is 5.14. The van der Waals surface area contributed by atoms with Crippen LogP contribution in [0.15, 0.2) is 47.4 Å². The number of thiocarbonyl (C=S) groups is 1. The number of ether oxygens (including phenoxy) is 1. The summed E-state index contributed by atoms with van der Waals surface area (Å²) in [6, 6.07) is 8.94. The van der Waals surface area contributed by atoms with Gasteiger partial charge >= 0.3 is 5.97 Å². The number of benzene rings is 1. The van der Waals surface area contributed by atoms with Gasteiger partial charge in [-0.15, -0.1) is 6.58 Å². The molecule has 7 heteroatoms. The van der Waals surface area contributed by atoms with Crippen molar-refractivity contribution in [2.45, 2.75) is 6.92 Å². The number of nitriles is 1. The molecule has 0 saturated carbocycles. The molecule has 2 rings (SSSR count). The molecule has 26 heavy (non-hydrogen) atoms. The Labute approximate surface area is 161 Å². The summed E-state index contributed by atoms with van der Waals surface area (Å²) in [7, 11) is 0. The van der Waals surface area contributed by atoms with E-state index >= 15 is 0 Å². The van der Waals surface area contributed by atoms with E-state index in [1.807, 2.05) is 6.07 Å². The summed E-state index contributed by atoms with van der Waals surface area (Å²) in [5, 5.41) is 9.06. The predicted octanol–water partition coefficient (Wildman–Crippen LogP) is 3.54. The Bertz CT molecular complexity index is 849. The summed E-state index contributed by atoms with van der Waals surface area (Å²) in [6.07, 6.45) is 4.85. The molecule has 1 aromatic rings. The zero-order valence-electron chi connectivity index (χ0n) is 14.1. The van der Waals surface area contributed by atoms with Gasteiger partial charge in [0.2, 0.25) is 0 Å². The van der Waals surface area contributed by atoms with Crippen molar-refractivity contribution in [3.63, 3.8) is 0 Å². The Kier molecular flexibility index (Phi) is 6.89. The van der Waals surface area contributed by atoms with Crippen molar-refractivity contribution < 1.29 is 14.3 Å². The van der Waals surface area contributed by atoms with Crippen molar-refractivity contribution in [2.24, 2.45) is 0 Å². The lowest BCUT2D eigenvalue weighted by atomic mass is 10.1. The fourth-order valence-electron chi connectivity index (χ4n) is 2.14. The Morgan fingerprint density at radius 2 is 2.04 bits per heavy atom. The van der Waals surface area contributed by atoms with Crippen molar-refractivity contribution in [2.75, 3.05) is 13.2 Å². The molecule has 0 atom stereocenters. The van der Waals surface area contributed by atoms with Crippen LogP contribution in [0.25, 0.3) is 12.2 Å². The van der Waals surface area contributed by atoms with Crippen LogP contribution < -0.4 is 0 Å². The van der Waals surface area contributed by atoms with Crippen molar-refractivity contribution in [1.82, 2.24) is 4.90 Å². The Morgan fingerprint density at radius 3 is 2.62 bits per heavy atom. The largest absolute Gasteiger partial charge is 0.462 e. The standard InChI is InChI=1S/C19H16N2O3S2/c1-3-9-21-17(22)16(26-19(21)25)11-14-7-5-13(6-8-14)10-15(12-20)18(23)24-4-2/h3,5-8,10-11H,1,4,9H2,2H3/b15-10+,16-11-. The molecule has 0 spiro atoms. The first-order valence-corrected chi connectivity index (χ1v) is 8.97. The highest BCUT2D eigenvalue weighted by molar-refractivity contribution is 8.26. The lowest BCUT2D eigenvalue weighted by molar-refractivity contribution is -0.137. The smallest absolute Gasteiger partial charge is 0.348 e. The minimum absolute atomic E-state index is 0.0649. The van der Waals surface area contributed by atoms with Gasteiger partial charge in [0.05, 0.1) is 11.5 Å². The fourth-order valence-corrected chi connectivity index (χ4v) is 3.41. The van der Waals surface area contributed by atoms with Crippen molar-refractivity contribution >= 4 is 52.3 Å². The van der Waals surface area contributed by atoms with E-state index in [0.29, 0.717) is 21.3 Å². The Hall–Kier alpha value is -2.69. The van der Waals surface area contributed by atoms with E-state index in [-0.39, 0.29) is 18.1 Å². The third-order valence-corrected chi connectivity index (χ3v) is 4.72. The van der Waals surface area contributed by atoms with Gasteiger partial charge in [0, 0.05) is 6.54 Å². The molecule has 132 valence electrons. The summed E-state index contributed by atoms with van der Waals surface area (Å²) >= 11 is 6.45. The van der Waals surface area contributed by atoms with Crippen LogP contribution >= 0.6 is 24.0 Å². The molecule has 0 bridgehead atoms. The quantitative estimate of drug-likeness (QED) is 0.246. The van der Waals surface area contributed by atoms with E-state index in [4.69, 9.17) is 22.2 Å². The summed E-state index contributed by atoms with van der Waals surface area (Å²) in [4.78, 5) is 26.0. The maximum Gasteiger partial charge on any atom is 0.348 e. The molecule has 1 aliphatic rings. The van der Waals surface area contributed by atoms with E-state index in [9.17, 15) is 9.59 Å². The van der Waals surface area contributed by atoms with Crippen LogP contribution in [0.3, 0.4) is 0 Å². The van der Waals surface area contributed by atoms with E-state index in [0.717, 1.165) is 5.56 Å². The first-order valence-electron chi connectivity index (χ1n) is 7.75. The molecular weight excluding hydrogens is 368 g/mol. The number of carbonyl (C=O) groups is 2. The van der Waals surface area contributed by atoms with Gasteiger partial charge in [-0.05, 0) is 30.2 Å². The molecular formula is C19H16N2O3S2. The summed E-state index contributed by atoms with van der Waals surface area (Å²) in [6.45, 7) is 5.90. The summed E-state index contributed by atoms with van der Waals surface area (Å²) < 4.78 is 5.34. The highest BCUT2D eigenvalue weighted by Gasteiger charge is 2.30. The van der Waals surface area contributed by atoms with Crippen molar-refractivity contribution in [1.29, 1.82) is 5.26 Å². The zero-order chi connectivity index (χ0) is 19.1. The number of hydrogen-bond acceptors (Lipinski definition) is 6. The summed E-state index contributed by atoms with van der Waals surface area (Å²) in [5.41, 5.74) is 1.44. The normalized spacial score (nSPS) is 15.9. The van der Waals surface area contributed by atoms with E-state index < -0.39 is 5.97 Å². The highest BCUT2D eigenvalue weighted by atomic mass is 32.2. The third-order valence-electron chi connectivity index (χ3n) is 3.35. The van der Waals surface area contributed by atoms with Gasteiger partial charge in [0.25, 0.3) is 5.91 Å². The van der Waals surface area contributed by atoms with E-state index in [1.165, 1.54) is 22.7 Å². The number of esters is 1. The minimum Gasteiger partial charge on any atom is -0.462 e. The molecule has 1 saturated heterocycles. The predicted molar refractivity (Wildman–Crippen MR) is 107 cm³/mol. The number of thioether (sulfide) groups is 1. The van der Waals surface area contributed by atoms with E-state index in [1.54, 1.807) is 43.3 Å². The Morgan fingerprint density at radius 1 is 1.38 bits per heavy atom. The first-order chi connectivity index (χ1) is 12.5. The van der Waals surface area contributed by atoms with Gasteiger partial charge in [-0.25, -0.2) is 4.79 Å². The lowest BCUT2D eigenvalue weighted by Crippen LogP contribution is -2.27. The van der Waals surface area contributed by atoms with Crippen LogP contribution in [-0.2, 0) is 14.3 Å². The molecule has 0 unspecified atom stereocenters. The Balaban J connectivity index is 2.19. The average Bonchev–Trinajstić information content (AvgIpc) is 2.89. The van der Waals surface area contributed by atoms with Crippen LogP contribution in [0.1, 0.15) is 18.1 Å². The maximum atomic E-state index is 12.3. The SMILES string of the molecule is C=CCN1C(=O)/C(=C/c2ccc(/C=C(\C#N)C(=O)OCC)cc2)SC1=S. The first kappa shape index (κ1) is 19.6. The van der Waals surface area contributed by atoms with Crippen LogP contribution in [0.5, 0.6) is 0 Å². The second kappa shape index (κ2) is 9.13. The van der Waals surface area contributed by atoms with Gasteiger partial charge in [0.1, 0.15) is 16.0 Å². The topological polar surface area (TPSA) is 70.4 Å². The number of amides is 1. The molecule has 0 aliphatic carbocycles. The van der Waals surface area contributed by atoms with Gasteiger partial charge in [-0.3, -0.25) is 9.69 Å². The van der Waals surface area contributed by atoms with Crippen LogP contribution in [0, 0.1) is 11.3 Å². The lowest BCUT2D eigenvalue weighted by Gasteiger charge is -2.10. The highest BCUT2D eigenvalue weighted by Crippen LogP contribution is 2.32. The van der Waals surface area contributed by atoms with Gasteiger partial charge in [-0.2, -0.15) is 5.26 Å². The van der Waals surface area contributed by atoms with Crippen LogP contribution in [-0.4, -0.2) is 34.2 Å².